The van der Waals surface area contributed by atoms with Crippen LogP contribution in [0.4, 0.5) is 0 Å². The fourth-order valence-corrected chi connectivity index (χ4v) is 0.792. The van der Waals surface area contributed by atoms with E-state index in [9.17, 15) is 4.79 Å². The lowest BCUT2D eigenvalue weighted by Crippen LogP contribution is -2.31. The Hall–Kier alpha value is -1.43. The third-order valence-corrected chi connectivity index (χ3v) is 1.47. The SMILES string of the molecule is CN(C)CCNC(=O)c1ncn[nH]1. The quantitative estimate of drug-likeness (QED) is 0.634. The smallest absolute Gasteiger partial charge is 0.288 e. The molecule has 1 aromatic heterocycles. The number of hydrogen-bond acceptors (Lipinski definition) is 4. The third-order valence-electron chi connectivity index (χ3n) is 1.47. The van der Waals surface area contributed by atoms with Crippen molar-refractivity contribution in [2.75, 3.05) is 27.2 Å². The summed E-state index contributed by atoms with van der Waals surface area (Å²) in [6, 6.07) is 0. The second-order valence-electron chi connectivity index (χ2n) is 2.89. The van der Waals surface area contributed by atoms with Crippen molar-refractivity contribution >= 4 is 5.91 Å². The zero-order valence-electron chi connectivity index (χ0n) is 7.74. The number of aromatic nitrogens is 3. The fraction of sp³-hybridized carbons (Fsp3) is 0.571. The van der Waals surface area contributed by atoms with Gasteiger partial charge in [-0.15, -0.1) is 0 Å². The number of H-pyrrole nitrogens is 1. The molecular formula is C7H13N5O. The number of likely N-dealkylation sites (N-methyl/N-ethyl adjacent to an activating group) is 1. The first-order valence-electron chi connectivity index (χ1n) is 3.98. The van der Waals surface area contributed by atoms with Gasteiger partial charge >= 0.3 is 0 Å². The van der Waals surface area contributed by atoms with Crippen LogP contribution in [-0.2, 0) is 0 Å². The van der Waals surface area contributed by atoms with Crippen molar-refractivity contribution in [3.63, 3.8) is 0 Å². The predicted octanol–water partition coefficient (Wildman–Crippen LogP) is -0.904. The number of carbonyl (C=O) groups is 1. The molecule has 1 amide bonds. The molecule has 0 fully saturated rings. The molecule has 1 rings (SSSR count). The lowest BCUT2D eigenvalue weighted by atomic mass is 10.5. The Morgan fingerprint density at radius 2 is 2.46 bits per heavy atom. The highest BCUT2D eigenvalue weighted by atomic mass is 16.2. The van der Waals surface area contributed by atoms with Crippen LogP contribution in [0.25, 0.3) is 0 Å². The van der Waals surface area contributed by atoms with E-state index < -0.39 is 0 Å². The molecule has 0 radical (unpaired) electrons. The second kappa shape index (κ2) is 4.56. The maximum absolute atomic E-state index is 11.2. The van der Waals surface area contributed by atoms with E-state index in [-0.39, 0.29) is 11.7 Å². The molecule has 0 aliphatic rings. The van der Waals surface area contributed by atoms with Gasteiger partial charge in [0.05, 0.1) is 0 Å². The molecule has 0 aliphatic carbocycles. The van der Waals surface area contributed by atoms with E-state index >= 15 is 0 Å². The van der Waals surface area contributed by atoms with Gasteiger partial charge in [0.1, 0.15) is 6.33 Å². The molecule has 6 nitrogen and oxygen atoms in total. The van der Waals surface area contributed by atoms with E-state index in [1.165, 1.54) is 6.33 Å². The van der Waals surface area contributed by atoms with Crippen LogP contribution in [0.2, 0.25) is 0 Å². The Kier molecular flexibility index (Phi) is 3.39. The van der Waals surface area contributed by atoms with Gasteiger partial charge in [-0.05, 0) is 14.1 Å². The lowest BCUT2D eigenvalue weighted by molar-refractivity contribution is 0.0941. The molecule has 0 spiro atoms. The molecule has 6 heteroatoms. The minimum absolute atomic E-state index is 0.223. The van der Waals surface area contributed by atoms with Gasteiger partial charge in [0.25, 0.3) is 5.91 Å². The number of nitrogens with one attached hydrogen (secondary N) is 2. The van der Waals surface area contributed by atoms with E-state index in [0.29, 0.717) is 6.54 Å². The molecule has 0 unspecified atom stereocenters. The van der Waals surface area contributed by atoms with Gasteiger partial charge in [0.2, 0.25) is 5.82 Å². The average molecular weight is 183 g/mol. The van der Waals surface area contributed by atoms with Gasteiger partial charge in [-0.3, -0.25) is 9.89 Å². The molecule has 0 aliphatic heterocycles. The zero-order chi connectivity index (χ0) is 9.68. The second-order valence-corrected chi connectivity index (χ2v) is 2.89. The number of amides is 1. The third kappa shape index (κ3) is 3.20. The van der Waals surface area contributed by atoms with Crippen molar-refractivity contribution in [3.8, 4) is 0 Å². The first-order chi connectivity index (χ1) is 6.20. The fourth-order valence-electron chi connectivity index (χ4n) is 0.792. The number of aromatic amines is 1. The van der Waals surface area contributed by atoms with Gasteiger partial charge in [-0.2, -0.15) is 5.10 Å². The van der Waals surface area contributed by atoms with Crippen LogP contribution in [0.1, 0.15) is 10.6 Å². The Balaban J connectivity index is 2.27. The monoisotopic (exact) mass is 183 g/mol. The van der Waals surface area contributed by atoms with E-state index in [2.05, 4.69) is 20.5 Å². The minimum atomic E-state index is -0.223. The molecule has 2 N–H and O–H groups in total. The maximum atomic E-state index is 11.2. The van der Waals surface area contributed by atoms with Crippen molar-refractivity contribution < 1.29 is 4.79 Å². The van der Waals surface area contributed by atoms with E-state index in [4.69, 9.17) is 0 Å². The lowest BCUT2D eigenvalue weighted by Gasteiger charge is -2.08. The van der Waals surface area contributed by atoms with Gasteiger partial charge in [0, 0.05) is 13.1 Å². The topological polar surface area (TPSA) is 73.9 Å². The number of rotatable bonds is 4. The Bertz CT molecular complexity index is 256. The van der Waals surface area contributed by atoms with Crippen molar-refractivity contribution in [2.24, 2.45) is 0 Å². The van der Waals surface area contributed by atoms with Gasteiger partial charge in [0.15, 0.2) is 0 Å². The van der Waals surface area contributed by atoms with Crippen molar-refractivity contribution in [1.29, 1.82) is 0 Å². The summed E-state index contributed by atoms with van der Waals surface area (Å²) >= 11 is 0. The van der Waals surface area contributed by atoms with Crippen LogP contribution < -0.4 is 5.32 Å². The van der Waals surface area contributed by atoms with E-state index in [0.717, 1.165) is 6.54 Å². The summed E-state index contributed by atoms with van der Waals surface area (Å²) in [7, 11) is 3.89. The van der Waals surface area contributed by atoms with E-state index in [1.807, 2.05) is 19.0 Å². The Labute approximate surface area is 76.3 Å². The molecule has 72 valence electrons. The normalized spacial score (nSPS) is 10.4. The summed E-state index contributed by atoms with van der Waals surface area (Å²) in [4.78, 5) is 16.9. The summed E-state index contributed by atoms with van der Waals surface area (Å²) in [5, 5.41) is 8.77. The summed E-state index contributed by atoms with van der Waals surface area (Å²) in [6.45, 7) is 1.41. The number of hydrogen-bond donors (Lipinski definition) is 2. The molecular weight excluding hydrogens is 170 g/mol. The van der Waals surface area contributed by atoms with Crippen LogP contribution in [-0.4, -0.2) is 53.2 Å². The first-order valence-corrected chi connectivity index (χ1v) is 3.98. The Morgan fingerprint density at radius 1 is 1.69 bits per heavy atom. The maximum Gasteiger partial charge on any atom is 0.288 e. The molecule has 13 heavy (non-hydrogen) atoms. The molecule has 1 heterocycles. The molecule has 0 aromatic carbocycles. The number of nitrogens with zero attached hydrogens (tertiary/aromatic N) is 3. The van der Waals surface area contributed by atoms with E-state index in [1.54, 1.807) is 0 Å². The molecule has 0 saturated heterocycles. The average Bonchev–Trinajstić information content (AvgIpc) is 2.55. The Morgan fingerprint density at radius 3 is 3.00 bits per heavy atom. The molecule has 0 atom stereocenters. The van der Waals surface area contributed by atoms with Crippen LogP contribution in [0.5, 0.6) is 0 Å². The van der Waals surface area contributed by atoms with Crippen LogP contribution >= 0.6 is 0 Å². The highest BCUT2D eigenvalue weighted by Crippen LogP contribution is 1.83. The predicted molar refractivity (Wildman–Crippen MR) is 47.3 cm³/mol. The van der Waals surface area contributed by atoms with Gasteiger partial charge < -0.3 is 10.2 Å². The van der Waals surface area contributed by atoms with Crippen LogP contribution in [0.3, 0.4) is 0 Å². The highest BCUT2D eigenvalue weighted by Gasteiger charge is 2.06. The molecule has 0 saturated carbocycles. The summed E-state index contributed by atoms with van der Waals surface area (Å²) in [5.41, 5.74) is 0. The summed E-state index contributed by atoms with van der Waals surface area (Å²) in [5.74, 6) is 0.0260. The zero-order valence-corrected chi connectivity index (χ0v) is 7.74. The standard InChI is InChI=1S/C7H13N5O/c1-12(2)4-3-8-7(13)6-9-5-10-11-6/h5H,3-4H2,1-2H3,(H,8,13)(H,9,10,11). The molecule has 0 bridgehead atoms. The largest absolute Gasteiger partial charge is 0.348 e. The molecule has 1 aromatic rings. The number of carbonyl (C=O) groups excluding carboxylic acids is 1. The van der Waals surface area contributed by atoms with Crippen LogP contribution in [0, 0.1) is 0 Å². The summed E-state index contributed by atoms with van der Waals surface area (Å²) < 4.78 is 0. The van der Waals surface area contributed by atoms with Crippen molar-refractivity contribution in [3.05, 3.63) is 12.2 Å². The highest BCUT2D eigenvalue weighted by molar-refractivity contribution is 5.90. The minimum Gasteiger partial charge on any atom is -0.348 e. The van der Waals surface area contributed by atoms with Crippen LogP contribution in [0.15, 0.2) is 6.33 Å². The van der Waals surface area contributed by atoms with Crippen molar-refractivity contribution in [2.45, 2.75) is 0 Å². The van der Waals surface area contributed by atoms with Gasteiger partial charge in [-0.25, -0.2) is 4.98 Å². The summed E-state index contributed by atoms with van der Waals surface area (Å²) in [6.07, 6.45) is 1.31. The van der Waals surface area contributed by atoms with Crippen molar-refractivity contribution in [1.82, 2.24) is 25.4 Å². The first kappa shape index (κ1) is 9.66. The van der Waals surface area contributed by atoms with Gasteiger partial charge in [-0.1, -0.05) is 0 Å².